The van der Waals surface area contributed by atoms with E-state index in [9.17, 15) is 4.79 Å². The number of aromatic nitrogens is 3. The molecule has 0 aliphatic rings. The summed E-state index contributed by atoms with van der Waals surface area (Å²) in [5.74, 6) is 1.53. The van der Waals surface area contributed by atoms with Crippen LogP contribution in [-0.4, -0.2) is 33.9 Å². The van der Waals surface area contributed by atoms with Crippen molar-refractivity contribution in [2.24, 2.45) is 0 Å². The molecule has 0 N–H and O–H groups in total. The van der Waals surface area contributed by atoms with Crippen molar-refractivity contribution in [1.82, 2.24) is 14.8 Å². The van der Waals surface area contributed by atoms with Gasteiger partial charge < -0.3 is 13.9 Å². The predicted octanol–water partition coefficient (Wildman–Crippen LogP) is 3.47. The molecule has 0 bridgehead atoms. The number of rotatable bonds is 7. The van der Waals surface area contributed by atoms with E-state index in [1.54, 1.807) is 17.8 Å². The van der Waals surface area contributed by atoms with Gasteiger partial charge in [-0.2, -0.15) is 5.10 Å². The van der Waals surface area contributed by atoms with Crippen molar-refractivity contribution >= 4 is 5.97 Å². The van der Waals surface area contributed by atoms with E-state index < -0.39 is 0 Å². The number of hydrogen-bond acceptors (Lipinski definition) is 6. The number of carbonyl (C=O) groups excluding carboxylic acids is 1. The topological polar surface area (TPSA) is 79.4 Å². The standard InChI is InChI=1S/C19H21N3O4/c1-4-24-17-9-7-6-8-15(17)18-21-16(13(3)26-18)12-22-11-14(10-20-22)19(23)25-5-2/h6-11H,4-5,12H2,1-3H3. The summed E-state index contributed by atoms with van der Waals surface area (Å²) in [6.07, 6.45) is 3.12. The molecule has 3 aromatic rings. The van der Waals surface area contributed by atoms with Crippen molar-refractivity contribution in [3.63, 3.8) is 0 Å². The van der Waals surface area contributed by atoms with Gasteiger partial charge in [0.2, 0.25) is 5.89 Å². The van der Waals surface area contributed by atoms with Gasteiger partial charge in [0.1, 0.15) is 17.2 Å². The minimum absolute atomic E-state index is 0.328. The van der Waals surface area contributed by atoms with E-state index in [1.807, 2.05) is 38.1 Å². The Balaban J connectivity index is 1.82. The quantitative estimate of drug-likeness (QED) is 0.604. The molecule has 7 nitrogen and oxygen atoms in total. The van der Waals surface area contributed by atoms with Gasteiger partial charge in [-0.05, 0) is 32.9 Å². The lowest BCUT2D eigenvalue weighted by molar-refractivity contribution is 0.0526. The average Bonchev–Trinajstić information content (AvgIpc) is 3.24. The summed E-state index contributed by atoms with van der Waals surface area (Å²) >= 11 is 0. The van der Waals surface area contributed by atoms with E-state index in [0.29, 0.717) is 37.0 Å². The lowest BCUT2D eigenvalue weighted by Gasteiger charge is -2.06. The summed E-state index contributed by atoms with van der Waals surface area (Å²) in [5, 5.41) is 4.19. The van der Waals surface area contributed by atoms with Crippen LogP contribution in [0.2, 0.25) is 0 Å². The van der Waals surface area contributed by atoms with Crippen molar-refractivity contribution in [3.05, 3.63) is 53.7 Å². The fraction of sp³-hybridized carbons (Fsp3) is 0.316. The third kappa shape index (κ3) is 3.77. The summed E-state index contributed by atoms with van der Waals surface area (Å²) < 4.78 is 18.1. The number of ether oxygens (including phenoxy) is 2. The molecule has 0 saturated heterocycles. The maximum Gasteiger partial charge on any atom is 0.341 e. The molecule has 0 radical (unpaired) electrons. The van der Waals surface area contributed by atoms with Crippen LogP contribution in [0.25, 0.3) is 11.5 Å². The minimum atomic E-state index is -0.387. The number of hydrogen-bond donors (Lipinski definition) is 0. The molecule has 26 heavy (non-hydrogen) atoms. The van der Waals surface area contributed by atoms with E-state index in [0.717, 1.165) is 17.0 Å². The molecule has 0 amide bonds. The number of benzene rings is 1. The SMILES string of the molecule is CCOC(=O)c1cnn(Cc2nc(-c3ccccc3OCC)oc2C)c1. The van der Waals surface area contributed by atoms with Crippen LogP contribution in [0.1, 0.15) is 35.7 Å². The monoisotopic (exact) mass is 355 g/mol. The number of esters is 1. The smallest absolute Gasteiger partial charge is 0.341 e. The molecule has 1 aromatic carbocycles. The van der Waals surface area contributed by atoms with Crippen molar-refractivity contribution < 1.29 is 18.7 Å². The summed E-state index contributed by atoms with van der Waals surface area (Å²) in [6.45, 7) is 6.84. The normalized spacial score (nSPS) is 10.7. The Kier molecular flexibility index (Phi) is 5.36. The number of para-hydroxylation sites is 1. The van der Waals surface area contributed by atoms with Gasteiger partial charge in [-0.25, -0.2) is 9.78 Å². The first-order valence-electron chi connectivity index (χ1n) is 8.50. The van der Waals surface area contributed by atoms with E-state index >= 15 is 0 Å². The highest BCUT2D eigenvalue weighted by atomic mass is 16.5. The third-order valence-corrected chi connectivity index (χ3v) is 3.77. The Labute approximate surface area is 151 Å². The maximum atomic E-state index is 11.7. The second-order valence-electron chi connectivity index (χ2n) is 5.60. The predicted molar refractivity (Wildman–Crippen MR) is 95.1 cm³/mol. The molecule has 0 unspecified atom stereocenters. The molecule has 136 valence electrons. The van der Waals surface area contributed by atoms with Gasteiger partial charge in [0.15, 0.2) is 0 Å². The molecule has 0 aliphatic heterocycles. The molecule has 0 fully saturated rings. The zero-order valence-electron chi connectivity index (χ0n) is 15.1. The highest BCUT2D eigenvalue weighted by Gasteiger charge is 2.16. The van der Waals surface area contributed by atoms with Crippen molar-refractivity contribution in [1.29, 1.82) is 0 Å². The first-order chi connectivity index (χ1) is 12.6. The van der Waals surface area contributed by atoms with Gasteiger partial charge in [-0.3, -0.25) is 4.68 Å². The highest BCUT2D eigenvalue weighted by molar-refractivity contribution is 5.88. The van der Waals surface area contributed by atoms with Gasteiger partial charge in [-0.15, -0.1) is 0 Å². The van der Waals surface area contributed by atoms with Gasteiger partial charge in [0.05, 0.1) is 37.1 Å². The van der Waals surface area contributed by atoms with Crippen LogP contribution < -0.4 is 4.74 Å². The molecule has 7 heteroatoms. The fourth-order valence-corrected chi connectivity index (χ4v) is 2.54. The molecule has 0 aliphatic carbocycles. The Morgan fingerprint density at radius 1 is 1.23 bits per heavy atom. The van der Waals surface area contributed by atoms with Crippen LogP contribution in [0.15, 0.2) is 41.1 Å². The lowest BCUT2D eigenvalue weighted by atomic mass is 10.2. The first kappa shape index (κ1) is 17.7. The van der Waals surface area contributed by atoms with Crippen LogP contribution >= 0.6 is 0 Å². The summed E-state index contributed by atoms with van der Waals surface area (Å²) in [6, 6.07) is 7.62. The lowest BCUT2D eigenvalue weighted by Crippen LogP contribution is -2.04. The van der Waals surface area contributed by atoms with Gasteiger partial charge in [-0.1, -0.05) is 12.1 Å². The van der Waals surface area contributed by atoms with E-state index in [1.165, 1.54) is 6.20 Å². The largest absolute Gasteiger partial charge is 0.493 e. The van der Waals surface area contributed by atoms with Crippen molar-refractivity contribution in [3.8, 4) is 17.2 Å². The molecular weight excluding hydrogens is 334 g/mol. The number of oxazole rings is 1. The minimum Gasteiger partial charge on any atom is -0.493 e. The molecule has 2 heterocycles. The second kappa shape index (κ2) is 7.86. The van der Waals surface area contributed by atoms with E-state index in [-0.39, 0.29) is 5.97 Å². The van der Waals surface area contributed by atoms with Crippen LogP contribution in [0, 0.1) is 6.92 Å². The molecular formula is C19H21N3O4. The van der Waals surface area contributed by atoms with E-state index in [2.05, 4.69) is 10.1 Å². The zero-order chi connectivity index (χ0) is 18.5. The Morgan fingerprint density at radius 2 is 2.04 bits per heavy atom. The Bertz CT molecular complexity index is 898. The number of carbonyl (C=O) groups is 1. The first-order valence-corrected chi connectivity index (χ1v) is 8.50. The van der Waals surface area contributed by atoms with Crippen LogP contribution in [0.3, 0.4) is 0 Å². The van der Waals surface area contributed by atoms with Crippen molar-refractivity contribution in [2.75, 3.05) is 13.2 Å². The van der Waals surface area contributed by atoms with E-state index in [4.69, 9.17) is 13.9 Å². The van der Waals surface area contributed by atoms with Crippen molar-refractivity contribution in [2.45, 2.75) is 27.3 Å². The molecule has 0 saturated carbocycles. The third-order valence-electron chi connectivity index (χ3n) is 3.77. The molecule has 0 atom stereocenters. The maximum absolute atomic E-state index is 11.7. The number of aryl methyl sites for hydroxylation is 1. The summed E-state index contributed by atoms with van der Waals surface area (Å²) in [7, 11) is 0. The molecule has 0 spiro atoms. The average molecular weight is 355 g/mol. The zero-order valence-corrected chi connectivity index (χ0v) is 15.1. The molecule has 2 aromatic heterocycles. The van der Waals surface area contributed by atoms with Gasteiger partial charge in [0, 0.05) is 6.20 Å². The molecule has 3 rings (SSSR count). The Morgan fingerprint density at radius 3 is 2.81 bits per heavy atom. The number of nitrogens with zero attached hydrogens (tertiary/aromatic N) is 3. The fourth-order valence-electron chi connectivity index (χ4n) is 2.54. The Hall–Kier alpha value is -3.09. The van der Waals surface area contributed by atoms with Gasteiger partial charge in [0.25, 0.3) is 0 Å². The van der Waals surface area contributed by atoms with Crippen LogP contribution in [0.5, 0.6) is 5.75 Å². The second-order valence-corrected chi connectivity index (χ2v) is 5.60. The highest BCUT2D eigenvalue weighted by Crippen LogP contribution is 2.30. The van der Waals surface area contributed by atoms with Crippen LogP contribution in [0.4, 0.5) is 0 Å². The summed E-state index contributed by atoms with van der Waals surface area (Å²) in [5.41, 5.74) is 1.95. The van der Waals surface area contributed by atoms with Crippen LogP contribution in [-0.2, 0) is 11.3 Å². The summed E-state index contributed by atoms with van der Waals surface area (Å²) in [4.78, 5) is 16.3. The van der Waals surface area contributed by atoms with Gasteiger partial charge >= 0.3 is 5.97 Å².